The molecular weight excluding hydrogens is 340 g/mol. The van der Waals surface area contributed by atoms with Crippen LogP contribution in [0.25, 0.3) is 0 Å². The van der Waals surface area contributed by atoms with Gasteiger partial charge in [0.05, 0.1) is 23.9 Å². The van der Waals surface area contributed by atoms with Crippen LogP contribution in [0.4, 0.5) is 4.79 Å². The average molecular weight is 368 g/mol. The molecule has 1 unspecified atom stereocenters. The number of rotatable bonds is 4. The summed E-state index contributed by atoms with van der Waals surface area (Å²) in [5, 5.41) is 3.03. The zero-order valence-electron chi connectivity index (χ0n) is 16.4. The molecule has 1 fully saturated rings. The molecule has 0 bridgehead atoms. The Morgan fingerprint density at radius 2 is 1.85 bits per heavy atom. The molecule has 0 aromatic heterocycles. The summed E-state index contributed by atoms with van der Waals surface area (Å²) in [6, 6.07) is 5.66. The second-order valence-electron chi connectivity index (χ2n) is 7.94. The molecule has 6 nitrogen and oxygen atoms in total. The maximum atomic E-state index is 13.2. The summed E-state index contributed by atoms with van der Waals surface area (Å²) in [5.41, 5.74) is 4.85. The number of carbonyl (C=O) groups excluding carboxylic acids is 2. The third kappa shape index (κ3) is 3.23. The van der Waals surface area contributed by atoms with E-state index < -0.39 is 0 Å². The second kappa shape index (κ2) is 7.00. The zero-order chi connectivity index (χ0) is 19.1. The molecule has 1 saturated heterocycles. The van der Waals surface area contributed by atoms with Crippen LogP contribution in [-0.4, -0.2) is 66.4 Å². The first-order valence-electron chi connectivity index (χ1n) is 9.82. The van der Waals surface area contributed by atoms with Crippen LogP contribution in [0.15, 0.2) is 29.5 Å². The predicted octanol–water partition coefficient (Wildman–Crippen LogP) is 2.19. The normalized spacial score (nSPS) is 23.3. The predicted molar refractivity (Wildman–Crippen MR) is 104 cm³/mol. The fraction of sp³-hybridized carbons (Fsp3) is 0.524. The van der Waals surface area contributed by atoms with Gasteiger partial charge in [0.2, 0.25) is 0 Å². The first-order chi connectivity index (χ1) is 13.0. The Labute approximate surface area is 160 Å². The SMILES string of the molecule is Cc1ccc(C2NC(=O)N(C)C3=C2C(=O)N(CCN2CCCC2)C3)c(C)c1. The largest absolute Gasteiger partial charge is 0.332 e. The first-order valence-corrected chi connectivity index (χ1v) is 9.82. The molecule has 1 aromatic rings. The third-order valence-corrected chi connectivity index (χ3v) is 6.06. The van der Waals surface area contributed by atoms with Gasteiger partial charge in [0, 0.05) is 20.1 Å². The highest BCUT2D eigenvalue weighted by molar-refractivity contribution is 6.01. The van der Waals surface area contributed by atoms with Gasteiger partial charge in [-0.15, -0.1) is 0 Å². The Bertz CT molecular complexity index is 810. The number of hydrogen-bond donors (Lipinski definition) is 1. The van der Waals surface area contributed by atoms with Gasteiger partial charge in [-0.2, -0.15) is 0 Å². The maximum absolute atomic E-state index is 13.2. The molecule has 0 radical (unpaired) electrons. The number of likely N-dealkylation sites (N-methyl/N-ethyl adjacent to an activating group) is 1. The Morgan fingerprint density at radius 1 is 1.11 bits per heavy atom. The van der Waals surface area contributed by atoms with Crippen LogP contribution in [0.3, 0.4) is 0 Å². The summed E-state index contributed by atoms with van der Waals surface area (Å²) in [4.78, 5) is 31.7. The van der Waals surface area contributed by atoms with E-state index in [0.717, 1.165) is 42.0 Å². The molecule has 0 saturated carbocycles. The number of amides is 3. The number of nitrogens with one attached hydrogen (secondary N) is 1. The number of benzene rings is 1. The lowest BCUT2D eigenvalue weighted by molar-refractivity contribution is -0.126. The molecule has 144 valence electrons. The third-order valence-electron chi connectivity index (χ3n) is 6.06. The minimum atomic E-state index is -0.367. The number of nitrogens with zero attached hydrogens (tertiary/aromatic N) is 3. The van der Waals surface area contributed by atoms with Crippen LogP contribution in [0.1, 0.15) is 35.6 Å². The number of hydrogen-bond acceptors (Lipinski definition) is 3. The minimum absolute atomic E-state index is 0.0565. The number of aryl methyl sites for hydroxylation is 2. The van der Waals surface area contributed by atoms with Crippen molar-refractivity contribution in [3.05, 3.63) is 46.2 Å². The monoisotopic (exact) mass is 368 g/mol. The number of likely N-dealkylation sites (tertiary alicyclic amines) is 1. The van der Waals surface area contributed by atoms with E-state index in [1.165, 1.54) is 18.4 Å². The van der Waals surface area contributed by atoms with Crippen LogP contribution < -0.4 is 5.32 Å². The van der Waals surface area contributed by atoms with Crippen LogP contribution in [0, 0.1) is 13.8 Å². The molecule has 1 N–H and O–H groups in total. The van der Waals surface area contributed by atoms with Crippen molar-refractivity contribution in [1.82, 2.24) is 20.0 Å². The quantitative estimate of drug-likeness (QED) is 0.886. The fourth-order valence-electron chi connectivity index (χ4n) is 4.46. The van der Waals surface area contributed by atoms with E-state index in [0.29, 0.717) is 13.1 Å². The van der Waals surface area contributed by atoms with E-state index >= 15 is 0 Å². The van der Waals surface area contributed by atoms with Crippen LogP contribution in [0.2, 0.25) is 0 Å². The molecule has 3 heterocycles. The van der Waals surface area contributed by atoms with Crippen molar-refractivity contribution < 1.29 is 9.59 Å². The molecule has 6 heteroatoms. The van der Waals surface area contributed by atoms with Gasteiger partial charge < -0.3 is 15.1 Å². The Kier molecular flexibility index (Phi) is 4.68. The molecule has 1 aromatic carbocycles. The number of urea groups is 1. The van der Waals surface area contributed by atoms with Crippen molar-refractivity contribution in [1.29, 1.82) is 0 Å². The maximum Gasteiger partial charge on any atom is 0.322 e. The van der Waals surface area contributed by atoms with Crippen molar-refractivity contribution in [3.8, 4) is 0 Å². The highest BCUT2D eigenvalue weighted by Crippen LogP contribution is 2.36. The van der Waals surface area contributed by atoms with Crippen molar-refractivity contribution in [3.63, 3.8) is 0 Å². The summed E-state index contributed by atoms with van der Waals surface area (Å²) in [5.74, 6) is 0.0565. The van der Waals surface area contributed by atoms with Gasteiger partial charge >= 0.3 is 6.03 Å². The Balaban J connectivity index is 1.60. The van der Waals surface area contributed by atoms with Crippen LogP contribution >= 0.6 is 0 Å². The molecule has 1 atom stereocenters. The summed E-state index contributed by atoms with van der Waals surface area (Å²) >= 11 is 0. The van der Waals surface area contributed by atoms with Gasteiger partial charge in [-0.1, -0.05) is 23.8 Å². The summed E-state index contributed by atoms with van der Waals surface area (Å²) in [6.07, 6.45) is 2.50. The van der Waals surface area contributed by atoms with Gasteiger partial charge in [-0.3, -0.25) is 9.69 Å². The molecule has 3 aliphatic heterocycles. The highest BCUT2D eigenvalue weighted by Gasteiger charge is 2.43. The van der Waals surface area contributed by atoms with Crippen molar-refractivity contribution in [2.75, 3.05) is 39.8 Å². The zero-order valence-corrected chi connectivity index (χ0v) is 16.4. The smallest absolute Gasteiger partial charge is 0.322 e. The molecule has 3 amide bonds. The molecular formula is C21H28N4O2. The lowest BCUT2D eigenvalue weighted by Gasteiger charge is -2.31. The summed E-state index contributed by atoms with van der Waals surface area (Å²) in [6.45, 7) is 8.49. The standard InChI is InChI=1S/C21H28N4O2/c1-14-6-7-16(15(2)12-14)19-18-17(23(3)21(27)22-19)13-25(20(18)26)11-10-24-8-4-5-9-24/h6-7,12,19H,4-5,8-11,13H2,1-3H3,(H,22,27). The average Bonchev–Trinajstić information content (AvgIpc) is 3.25. The minimum Gasteiger partial charge on any atom is -0.332 e. The molecule has 0 aliphatic carbocycles. The summed E-state index contributed by atoms with van der Waals surface area (Å²) in [7, 11) is 1.75. The first kappa shape index (κ1) is 18.0. The van der Waals surface area contributed by atoms with Gasteiger partial charge in [0.1, 0.15) is 0 Å². The van der Waals surface area contributed by atoms with E-state index in [-0.39, 0.29) is 18.0 Å². The van der Waals surface area contributed by atoms with Gasteiger partial charge in [-0.05, 0) is 50.9 Å². The fourth-order valence-corrected chi connectivity index (χ4v) is 4.46. The van der Waals surface area contributed by atoms with Crippen molar-refractivity contribution in [2.45, 2.75) is 32.7 Å². The van der Waals surface area contributed by atoms with Gasteiger partial charge in [-0.25, -0.2) is 4.79 Å². The molecule has 3 aliphatic rings. The van der Waals surface area contributed by atoms with E-state index in [1.54, 1.807) is 11.9 Å². The molecule has 27 heavy (non-hydrogen) atoms. The van der Waals surface area contributed by atoms with E-state index in [4.69, 9.17) is 0 Å². The highest BCUT2D eigenvalue weighted by atomic mass is 16.2. The number of carbonyl (C=O) groups is 2. The van der Waals surface area contributed by atoms with Crippen LogP contribution in [-0.2, 0) is 4.79 Å². The lowest BCUT2D eigenvalue weighted by Crippen LogP contribution is -2.45. The van der Waals surface area contributed by atoms with Gasteiger partial charge in [0.25, 0.3) is 5.91 Å². The molecule has 0 spiro atoms. The summed E-state index contributed by atoms with van der Waals surface area (Å²) < 4.78 is 0. The molecule has 4 rings (SSSR count). The van der Waals surface area contributed by atoms with E-state index in [2.05, 4.69) is 23.2 Å². The van der Waals surface area contributed by atoms with Crippen molar-refractivity contribution >= 4 is 11.9 Å². The van der Waals surface area contributed by atoms with E-state index in [9.17, 15) is 9.59 Å². The van der Waals surface area contributed by atoms with Crippen LogP contribution in [0.5, 0.6) is 0 Å². The second-order valence-corrected chi connectivity index (χ2v) is 7.94. The Morgan fingerprint density at radius 3 is 2.56 bits per heavy atom. The van der Waals surface area contributed by atoms with Crippen molar-refractivity contribution in [2.24, 2.45) is 0 Å². The van der Waals surface area contributed by atoms with Gasteiger partial charge in [0.15, 0.2) is 0 Å². The lowest BCUT2D eigenvalue weighted by atomic mass is 9.91. The van der Waals surface area contributed by atoms with E-state index in [1.807, 2.05) is 24.0 Å². The topological polar surface area (TPSA) is 55.9 Å². The Hall–Kier alpha value is -2.34.